The van der Waals surface area contributed by atoms with E-state index in [0.717, 1.165) is 17.1 Å². The number of amides is 1. The van der Waals surface area contributed by atoms with Gasteiger partial charge in [0, 0.05) is 42.7 Å². The highest BCUT2D eigenvalue weighted by Crippen LogP contribution is 2.17. The quantitative estimate of drug-likeness (QED) is 0.766. The molecule has 0 atom stereocenters. The second kappa shape index (κ2) is 7.81. The van der Waals surface area contributed by atoms with Gasteiger partial charge in [-0.3, -0.25) is 9.59 Å². The van der Waals surface area contributed by atoms with Crippen LogP contribution in [0.2, 0.25) is 0 Å². The minimum absolute atomic E-state index is 0.0487. The minimum Gasteiger partial charge on any atom is -0.469 e. The van der Waals surface area contributed by atoms with Crippen molar-refractivity contribution in [1.29, 1.82) is 0 Å². The minimum atomic E-state index is -0.252. The van der Waals surface area contributed by atoms with Gasteiger partial charge >= 0.3 is 5.97 Å². The Morgan fingerprint density at radius 3 is 2.17 bits per heavy atom. The molecule has 2 rings (SSSR count). The van der Waals surface area contributed by atoms with Crippen LogP contribution in [0, 0.1) is 13.8 Å². The molecule has 0 aliphatic carbocycles. The van der Waals surface area contributed by atoms with Crippen molar-refractivity contribution in [1.82, 2.24) is 9.47 Å². The molecule has 0 aliphatic rings. The van der Waals surface area contributed by atoms with Crippen molar-refractivity contribution in [2.75, 3.05) is 20.7 Å². The molecule has 2 aromatic rings. The van der Waals surface area contributed by atoms with Gasteiger partial charge in [0.25, 0.3) is 5.91 Å². The number of esters is 1. The number of carbonyl (C=O) groups is 2. The number of aromatic nitrogens is 1. The Kier molecular flexibility index (Phi) is 5.79. The summed E-state index contributed by atoms with van der Waals surface area (Å²) in [6.07, 6.45) is 0.911. The summed E-state index contributed by atoms with van der Waals surface area (Å²) in [4.78, 5) is 25.2. The Balaban J connectivity index is 2.02. The molecule has 0 bridgehead atoms. The Bertz CT molecular complexity index is 697. The SMILES string of the molecule is COC(=O)CCCN(C)C(=O)c1ccc(-n2c(C)ccc2C)cc1. The van der Waals surface area contributed by atoms with E-state index in [9.17, 15) is 9.59 Å². The maximum absolute atomic E-state index is 12.4. The van der Waals surface area contributed by atoms with E-state index in [1.807, 2.05) is 24.3 Å². The lowest BCUT2D eigenvalue weighted by Crippen LogP contribution is -2.28. The maximum atomic E-state index is 12.4. The lowest BCUT2D eigenvalue weighted by molar-refractivity contribution is -0.140. The first-order valence-corrected chi connectivity index (χ1v) is 8.01. The zero-order chi connectivity index (χ0) is 17.7. The fourth-order valence-electron chi connectivity index (χ4n) is 2.71. The Labute approximate surface area is 142 Å². The fraction of sp³-hybridized carbons (Fsp3) is 0.368. The third-order valence-corrected chi connectivity index (χ3v) is 4.09. The molecule has 0 radical (unpaired) electrons. The summed E-state index contributed by atoms with van der Waals surface area (Å²) in [5.41, 5.74) is 4.00. The molecule has 1 heterocycles. The summed E-state index contributed by atoms with van der Waals surface area (Å²) in [6.45, 7) is 4.63. The molecule has 0 saturated heterocycles. The average molecular weight is 328 g/mol. The molecule has 128 valence electrons. The lowest BCUT2D eigenvalue weighted by atomic mass is 10.1. The second-order valence-corrected chi connectivity index (χ2v) is 5.90. The molecule has 1 aromatic heterocycles. The summed E-state index contributed by atoms with van der Waals surface area (Å²) < 4.78 is 6.75. The number of hydrogen-bond acceptors (Lipinski definition) is 3. The lowest BCUT2D eigenvalue weighted by Gasteiger charge is -2.17. The first-order valence-electron chi connectivity index (χ1n) is 8.01. The number of benzene rings is 1. The number of rotatable bonds is 6. The topological polar surface area (TPSA) is 51.5 Å². The molecule has 0 unspecified atom stereocenters. The number of ether oxygens (including phenoxy) is 1. The van der Waals surface area contributed by atoms with E-state index in [4.69, 9.17) is 0 Å². The van der Waals surface area contributed by atoms with Crippen molar-refractivity contribution in [2.45, 2.75) is 26.7 Å². The summed E-state index contributed by atoms with van der Waals surface area (Å²) >= 11 is 0. The number of aryl methyl sites for hydroxylation is 2. The summed E-state index contributed by atoms with van der Waals surface area (Å²) in [7, 11) is 3.11. The molecule has 1 amide bonds. The molecule has 0 aliphatic heterocycles. The van der Waals surface area contributed by atoms with Crippen molar-refractivity contribution in [3.05, 3.63) is 53.3 Å². The zero-order valence-electron chi connectivity index (χ0n) is 14.7. The van der Waals surface area contributed by atoms with Crippen LogP contribution < -0.4 is 0 Å². The molecular formula is C19H24N2O3. The third kappa shape index (κ3) is 4.04. The second-order valence-electron chi connectivity index (χ2n) is 5.90. The normalized spacial score (nSPS) is 10.5. The van der Waals surface area contributed by atoms with Crippen LogP contribution >= 0.6 is 0 Å². The van der Waals surface area contributed by atoms with Crippen LogP contribution in [-0.2, 0) is 9.53 Å². The summed E-state index contributed by atoms with van der Waals surface area (Å²) in [5.74, 6) is -0.301. The van der Waals surface area contributed by atoms with Crippen LogP contribution in [-0.4, -0.2) is 42.0 Å². The van der Waals surface area contributed by atoms with Gasteiger partial charge < -0.3 is 14.2 Å². The van der Waals surface area contributed by atoms with Gasteiger partial charge in [0.1, 0.15) is 0 Å². The Morgan fingerprint density at radius 2 is 1.62 bits per heavy atom. The van der Waals surface area contributed by atoms with Gasteiger partial charge in [-0.1, -0.05) is 0 Å². The van der Waals surface area contributed by atoms with E-state index >= 15 is 0 Å². The number of carbonyl (C=O) groups excluding carboxylic acids is 2. The van der Waals surface area contributed by atoms with Gasteiger partial charge in [0.2, 0.25) is 0 Å². The van der Waals surface area contributed by atoms with Crippen LogP contribution in [0.25, 0.3) is 5.69 Å². The Morgan fingerprint density at radius 1 is 1.04 bits per heavy atom. The molecular weight excluding hydrogens is 304 g/mol. The molecule has 0 saturated carbocycles. The van der Waals surface area contributed by atoms with Crippen LogP contribution in [0.15, 0.2) is 36.4 Å². The monoisotopic (exact) mass is 328 g/mol. The van der Waals surface area contributed by atoms with Crippen LogP contribution in [0.1, 0.15) is 34.6 Å². The van der Waals surface area contributed by atoms with Crippen molar-refractivity contribution in [2.24, 2.45) is 0 Å². The van der Waals surface area contributed by atoms with Crippen LogP contribution in [0.3, 0.4) is 0 Å². The number of nitrogens with zero attached hydrogens (tertiary/aromatic N) is 2. The highest BCUT2D eigenvalue weighted by molar-refractivity contribution is 5.94. The van der Waals surface area contributed by atoms with Gasteiger partial charge in [-0.15, -0.1) is 0 Å². The molecule has 0 fully saturated rings. The first kappa shape index (κ1) is 17.8. The van der Waals surface area contributed by atoms with Crippen molar-refractivity contribution in [3.63, 3.8) is 0 Å². The van der Waals surface area contributed by atoms with E-state index in [1.165, 1.54) is 7.11 Å². The average Bonchev–Trinajstić information content (AvgIpc) is 2.92. The Hall–Kier alpha value is -2.56. The van der Waals surface area contributed by atoms with E-state index < -0.39 is 0 Å². The molecule has 1 aromatic carbocycles. The first-order chi connectivity index (χ1) is 11.4. The molecule has 5 heteroatoms. The van der Waals surface area contributed by atoms with Crippen LogP contribution in [0.5, 0.6) is 0 Å². The standard InChI is InChI=1S/C19H24N2O3/c1-14-7-8-15(2)21(14)17-11-9-16(10-12-17)19(23)20(3)13-5-6-18(22)24-4/h7-12H,5-6,13H2,1-4H3. The molecule has 0 spiro atoms. The molecule has 5 nitrogen and oxygen atoms in total. The maximum Gasteiger partial charge on any atom is 0.305 e. The summed E-state index contributed by atoms with van der Waals surface area (Å²) in [6, 6.07) is 11.7. The smallest absolute Gasteiger partial charge is 0.305 e. The highest BCUT2D eigenvalue weighted by atomic mass is 16.5. The van der Waals surface area contributed by atoms with E-state index in [1.54, 1.807) is 11.9 Å². The van der Waals surface area contributed by atoms with E-state index in [2.05, 4.69) is 35.3 Å². The van der Waals surface area contributed by atoms with Crippen molar-refractivity contribution in [3.8, 4) is 5.69 Å². The van der Waals surface area contributed by atoms with Crippen LogP contribution in [0.4, 0.5) is 0 Å². The van der Waals surface area contributed by atoms with Gasteiger partial charge in [-0.05, 0) is 56.7 Å². The predicted octanol–water partition coefficient (Wildman–Crippen LogP) is 3.12. The number of hydrogen-bond donors (Lipinski definition) is 0. The van der Waals surface area contributed by atoms with E-state index in [-0.39, 0.29) is 11.9 Å². The number of methoxy groups -OCH3 is 1. The molecule has 0 N–H and O–H groups in total. The van der Waals surface area contributed by atoms with Gasteiger partial charge in [-0.2, -0.15) is 0 Å². The van der Waals surface area contributed by atoms with Gasteiger partial charge in [0.05, 0.1) is 7.11 Å². The van der Waals surface area contributed by atoms with Crippen molar-refractivity contribution < 1.29 is 14.3 Å². The third-order valence-electron chi connectivity index (χ3n) is 4.09. The zero-order valence-corrected chi connectivity index (χ0v) is 14.7. The highest BCUT2D eigenvalue weighted by Gasteiger charge is 2.13. The predicted molar refractivity (Wildman–Crippen MR) is 93.5 cm³/mol. The summed E-state index contributed by atoms with van der Waals surface area (Å²) in [5, 5.41) is 0. The molecule has 24 heavy (non-hydrogen) atoms. The van der Waals surface area contributed by atoms with E-state index in [0.29, 0.717) is 24.9 Å². The van der Waals surface area contributed by atoms with Gasteiger partial charge in [-0.25, -0.2) is 0 Å². The fourth-order valence-corrected chi connectivity index (χ4v) is 2.71. The van der Waals surface area contributed by atoms with Crippen molar-refractivity contribution >= 4 is 11.9 Å². The largest absolute Gasteiger partial charge is 0.469 e. The van der Waals surface area contributed by atoms with Gasteiger partial charge in [0.15, 0.2) is 0 Å².